The number of hydrogen-bond donors (Lipinski definition) is 0. The van der Waals surface area contributed by atoms with Gasteiger partial charge in [-0.3, -0.25) is 4.57 Å². The van der Waals surface area contributed by atoms with Crippen molar-refractivity contribution >= 4 is 53.3 Å². The van der Waals surface area contributed by atoms with E-state index in [-0.39, 0.29) is 0 Å². The number of para-hydroxylation sites is 1. The molecule has 0 unspecified atom stereocenters. The highest BCUT2D eigenvalue weighted by atomic mass is 32.1. The molecule has 10 aromatic rings. The summed E-state index contributed by atoms with van der Waals surface area (Å²) in [6, 6.07) is 55.0. The number of rotatable bonds is 6. The Labute approximate surface area is 298 Å². The highest BCUT2D eigenvalue weighted by Gasteiger charge is 2.20. The Hall–Kier alpha value is -6.50. The predicted octanol–water partition coefficient (Wildman–Crippen LogP) is 11.3. The lowest BCUT2D eigenvalue weighted by Gasteiger charge is -2.15. The molecular weight excluding hydrogens is 643 g/mol. The first-order chi connectivity index (χ1) is 25.3. The first-order valence-electron chi connectivity index (χ1n) is 17.0. The van der Waals surface area contributed by atoms with E-state index >= 15 is 0 Å². The highest BCUT2D eigenvalue weighted by molar-refractivity contribution is 7.25. The second kappa shape index (κ2) is 12.1. The van der Waals surface area contributed by atoms with Crippen LogP contribution >= 0.6 is 11.3 Å². The molecule has 0 radical (unpaired) electrons. The van der Waals surface area contributed by atoms with Gasteiger partial charge in [0.1, 0.15) is 11.6 Å². The predicted molar refractivity (Wildman–Crippen MR) is 210 cm³/mol. The van der Waals surface area contributed by atoms with Crippen LogP contribution in [0.5, 0.6) is 0 Å². The molecule has 4 heterocycles. The molecule has 4 aromatic heterocycles. The van der Waals surface area contributed by atoms with Crippen molar-refractivity contribution in [2.45, 2.75) is 6.42 Å². The Balaban J connectivity index is 1.23. The van der Waals surface area contributed by atoms with Gasteiger partial charge in [0.2, 0.25) is 0 Å². The molecule has 6 aromatic carbocycles. The molecule has 0 aliphatic carbocycles. The number of nitrogens with zero attached hydrogens (tertiary/aromatic N) is 5. The average molecular weight is 672 g/mol. The molecule has 0 saturated heterocycles. The largest absolute Gasteiger partial charge is 0.294 e. The average Bonchev–Trinajstić information content (AvgIpc) is 3.72. The summed E-state index contributed by atoms with van der Waals surface area (Å²) >= 11 is 1.85. The van der Waals surface area contributed by atoms with Crippen LogP contribution in [0.1, 0.15) is 11.4 Å². The fraction of sp³-hybridized carbons (Fsp3) is 0.0222. The van der Waals surface area contributed by atoms with Gasteiger partial charge >= 0.3 is 0 Å². The van der Waals surface area contributed by atoms with E-state index in [2.05, 4.69) is 95.6 Å². The molecule has 240 valence electrons. The molecule has 6 heteroatoms. The maximum absolute atomic E-state index is 5.28. The summed E-state index contributed by atoms with van der Waals surface area (Å²) in [6.45, 7) is 0. The van der Waals surface area contributed by atoms with Gasteiger partial charge < -0.3 is 0 Å². The van der Waals surface area contributed by atoms with Crippen molar-refractivity contribution < 1.29 is 0 Å². The second-order valence-corrected chi connectivity index (χ2v) is 13.8. The number of benzene rings is 6. The fourth-order valence-corrected chi connectivity index (χ4v) is 8.27. The van der Waals surface area contributed by atoms with Gasteiger partial charge in [-0.2, -0.15) is 0 Å². The van der Waals surface area contributed by atoms with E-state index in [1.54, 1.807) is 0 Å². The van der Waals surface area contributed by atoms with Crippen LogP contribution in [0, 0.1) is 0 Å². The van der Waals surface area contributed by atoms with Gasteiger partial charge in [-0.15, -0.1) is 11.3 Å². The summed E-state index contributed by atoms with van der Waals surface area (Å²) in [5.41, 5.74) is 7.31. The van der Waals surface area contributed by atoms with E-state index in [0.717, 1.165) is 44.7 Å². The monoisotopic (exact) mass is 671 g/mol. The Morgan fingerprint density at radius 1 is 0.451 bits per heavy atom. The number of aromatic nitrogens is 5. The van der Waals surface area contributed by atoms with E-state index in [0.29, 0.717) is 23.9 Å². The number of pyridine rings is 1. The van der Waals surface area contributed by atoms with Gasteiger partial charge in [0.25, 0.3) is 0 Å². The molecule has 0 spiro atoms. The quantitative estimate of drug-likeness (QED) is 0.177. The Bertz CT molecular complexity index is 2820. The minimum Gasteiger partial charge on any atom is -0.294 e. The van der Waals surface area contributed by atoms with E-state index in [1.165, 1.54) is 30.9 Å². The molecule has 0 aliphatic rings. The van der Waals surface area contributed by atoms with E-state index in [9.17, 15) is 0 Å². The summed E-state index contributed by atoms with van der Waals surface area (Å²) in [7, 11) is 0. The Morgan fingerprint density at radius 3 is 1.76 bits per heavy atom. The molecule has 0 N–H and O–H groups in total. The van der Waals surface area contributed by atoms with E-state index in [4.69, 9.17) is 19.9 Å². The first-order valence-corrected chi connectivity index (χ1v) is 17.8. The van der Waals surface area contributed by atoms with Crippen LogP contribution < -0.4 is 0 Å². The molecule has 0 amide bonds. The van der Waals surface area contributed by atoms with Crippen molar-refractivity contribution in [1.82, 2.24) is 24.5 Å². The van der Waals surface area contributed by atoms with E-state index in [1.807, 2.05) is 84.3 Å². The smallest absolute Gasteiger partial charge is 0.163 e. The maximum atomic E-state index is 5.28. The lowest BCUT2D eigenvalue weighted by Crippen LogP contribution is -2.08. The topological polar surface area (TPSA) is 56.5 Å². The van der Waals surface area contributed by atoms with Gasteiger partial charge in [-0.1, -0.05) is 127 Å². The molecule has 10 rings (SSSR count). The third-order valence-electron chi connectivity index (χ3n) is 9.53. The van der Waals surface area contributed by atoms with Gasteiger partial charge in [0.05, 0.1) is 11.0 Å². The zero-order chi connectivity index (χ0) is 33.7. The molecule has 0 bridgehead atoms. The van der Waals surface area contributed by atoms with Gasteiger partial charge in [0, 0.05) is 65.8 Å². The van der Waals surface area contributed by atoms with Crippen LogP contribution in [0.4, 0.5) is 0 Å². The minimum atomic E-state index is 0.461. The summed E-state index contributed by atoms with van der Waals surface area (Å²) in [4.78, 5) is 20.4. The summed E-state index contributed by atoms with van der Waals surface area (Å²) in [5.74, 6) is 2.85. The van der Waals surface area contributed by atoms with Crippen LogP contribution in [-0.4, -0.2) is 24.5 Å². The van der Waals surface area contributed by atoms with Gasteiger partial charge in [0.15, 0.2) is 11.6 Å². The van der Waals surface area contributed by atoms with Crippen LogP contribution in [0.3, 0.4) is 0 Å². The number of fused-ring (bicyclic) bond motifs is 6. The summed E-state index contributed by atoms with van der Waals surface area (Å²) in [5, 5.41) is 4.94. The zero-order valence-corrected chi connectivity index (χ0v) is 28.3. The molecule has 5 nitrogen and oxygen atoms in total. The molecule has 0 saturated carbocycles. The lowest BCUT2D eigenvalue weighted by atomic mass is 10.0. The van der Waals surface area contributed by atoms with Crippen molar-refractivity contribution in [3.63, 3.8) is 0 Å². The van der Waals surface area contributed by atoms with Crippen LogP contribution in [0.25, 0.3) is 81.7 Å². The van der Waals surface area contributed by atoms with Crippen LogP contribution in [0.15, 0.2) is 164 Å². The third-order valence-corrected chi connectivity index (χ3v) is 10.7. The summed E-state index contributed by atoms with van der Waals surface area (Å²) in [6.07, 6.45) is 2.45. The van der Waals surface area contributed by atoms with Crippen molar-refractivity contribution in [2.75, 3.05) is 0 Å². The van der Waals surface area contributed by atoms with Crippen molar-refractivity contribution in [3.05, 3.63) is 175 Å². The van der Waals surface area contributed by atoms with Crippen molar-refractivity contribution in [3.8, 4) is 39.7 Å². The lowest BCUT2D eigenvalue weighted by molar-refractivity contribution is 0.914. The Kier molecular flexibility index (Phi) is 6.99. The van der Waals surface area contributed by atoms with Gasteiger partial charge in [-0.05, 0) is 35.9 Å². The van der Waals surface area contributed by atoms with Crippen LogP contribution in [0.2, 0.25) is 0 Å². The number of thiophene rings is 1. The fourth-order valence-electron chi connectivity index (χ4n) is 7.14. The van der Waals surface area contributed by atoms with Crippen molar-refractivity contribution in [2.24, 2.45) is 0 Å². The molecule has 0 fully saturated rings. The Morgan fingerprint density at radius 2 is 1.06 bits per heavy atom. The number of hydrogen-bond acceptors (Lipinski definition) is 5. The van der Waals surface area contributed by atoms with E-state index < -0.39 is 0 Å². The third kappa shape index (κ3) is 5.16. The maximum Gasteiger partial charge on any atom is 0.163 e. The minimum absolute atomic E-state index is 0.461. The molecule has 51 heavy (non-hydrogen) atoms. The first kappa shape index (κ1) is 29.4. The normalized spacial score (nSPS) is 11.6. The SMILES string of the molecule is c1ccc(-c2cnc(-n3c4ccccc4c4cc5sc6ccccc6c5cc43)c(Cc3nc(-c4ccccc4)nc(-c4ccccc4)n3)c2)cc1. The molecule has 0 aliphatic heterocycles. The second-order valence-electron chi connectivity index (χ2n) is 12.7. The molecular formula is C45H29N5S. The van der Waals surface area contributed by atoms with Crippen molar-refractivity contribution in [1.29, 1.82) is 0 Å². The standard InChI is InChI=1S/C45H29N5S/c1-4-14-29(15-5-1)33-24-32(25-42-47-43(30-16-6-2-7-17-30)49-44(48-42)31-18-8-3-9-19-31)45(46-28-33)50-38-22-12-10-20-34(38)36-27-41-37(26-39(36)50)35-21-11-13-23-40(35)51-41/h1-24,26-28H,25H2. The highest BCUT2D eigenvalue weighted by Crippen LogP contribution is 2.41. The summed E-state index contributed by atoms with van der Waals surface area (Å²) < 4.78 is 4.91. The van der Waals surface area contributed by atoms with Gasteiger partial charge in [-0.25, -0.2) is 19.9 Å². The molecule has 0 atom stereocenters. The van der Waals surface area contributed by atoms with Crippen LogP contribution in [-0.2, 0) is 6.42 Å². The zero-order valence-electron chi connectivity index (χ0n) is 27.4.